The maximum absolute atomic E-state index is 14.1. The van der Waals surface area contributed by atoms with Crippen LogP contribution in [0.5, 0.6) is 0 Å². The van der Waals surface area contributed by atoms with Gasteiger partial charge in [-0.05, 0) is 25.7 Å². The number of alkyl halides is 2. The smallest absolute Gasteiger partial charge is 0.285 e. The van der Waals surface area contributed by atoms with Crippen molar-refractivity contribution in [3.05, 3.63) is 35.9 Å². The van der Waals surface area contributed by atoms with Crippen molar-refractivity contribution in [1.82, 2.24) is 5.32 Å². The molecule has 1 aromatic rings. The third kappa shape index (κ3) is 4.27. The summed E-state index contributed by atoms with van der Waals surface area (Å²) >= 11 is 0. The molecule has 2 rings (SSSR count). The highest BCUT2D eigenvalue weighted by atomic mass is 19.3. The average Bonchev–Trinajstić information content (AvgIpc) is 2.75. The number of benzene rings is 1. The molecule has 0 radical (unpaired) electrons. The zero-order chi connectivity index (χ0) is 14.4. The number of halogens is 2. The Bertz CT molecular complexity index is 383. The first-order chi connectivity index (χ1) is 9.59. The first-order valence-electron chi connectivity index (χ1n) is 7.76. The number of nitrogens with one attached hydrogen (secondary N) is 1. The van der Waals surface area contributed by atoms with Crippen molar-refractivity contribution in [2.45, 2.75) is 57.4 Å². The molecule has 0 heterocycles. The van der Waals surface area contributed by atoms with Gasteiger partial charge in [-0.25, -0.2) is 0 Å². The highest BCUT2D eigenvalue weighted by Crippen LogP contribution is 2.29. The van der Waals surface area contributed by atoms with Crippen LogP contribution in [0.1, 0.15) is 51.0 Å². The molecule has 1 fully saturated rings. The van der Waals surface area contributed by atoms with E-state index >= 15 is 0 Å². The van der Waals surface area contributed by atoms with Crippen molar-refractivity contribution in [1.29, 1.82) is 0 Å². The van der Waals surface area contributed by atoms with Crippen LogP contribution in [0.25, 0.3) is 0 Å². The fourth-order valence-corrected chi connectivity index (χ4v) is 3.05. The lowest BCUT2D eigenvalue weighted by Crippen LogP contribution is -2.40. The predicted molar refractivity (Wildman–Crippen MR) is 79.0 cm³/mol. The SMILES string of the molecule is C[C@H](NCC(F)(F)c1ccccc1)C1CCCCCC1. The van der Waals surface area contributed by atoms with E-state index in [0.29, 0.717) is 5.92 Å². The monoisotopic (exact) mass is 281 g/mol. The van der Waals surface area contributed by atoms with Crippen molar-refractivity contribution < 1.29 is 8.78 Å². The van der Waals surface area contributed by atoms with Crippen LogP contribution < -0.4 is 5.32 Å². The van der Waals surface area contributed by atoms with Crippen molar-refractivity contribution in [2.75, 3.05) is 6.54 Å². The molecule has 1 aromatic carbocycles. The van der Waals surface area contributed by atoms with E-state index in [2.05, 4.69) is 12.2 Å². The Labute approximate surface area is 120 Å². The molecule has 20 heavy (non-hydrogen) atoms. The van der Waals surface area contributed by atoms with Crippen LogP contribution in [-0.4, -0.2) is 12.6 Å². The molecule has 0 saturated heterocycles. The minimum absolute atomic E-state index is 0.0977. The highest BCUT2D eigenvalue weighted by molar-refractivity contribution is 5.20. The van der Waals surface area contributed by atoms with Gasteiger partial charge in [-0.2, -0.15) is 8.78 Å². The van der Waals surface area contributed by atoms with E-state index in [1.54, 1.807) is 18.2 Å². The van der Waals surface area contributed by atoms with E-state index < -0.39 is 5.92 Å². The minimum atomic E-state index is -2.79. The summed E-state index contributed by atoms with van der Waals surface area (Å²) in [7, 11) is 0. The van der Waals surface area contributed by atoms with E-state index in [1.165, 1.54) is 50.7 Å². The maximum Gasteiger partial charge on any atom is 0.285 e. The molecule has 1 saturated carbocycles. The second kappa shape index (κ2) is 7.16. The quantitative estimate of drug-likeness (QED) is 0.770. The lowest BCUT2D eigenvalue weighted by atomic mass is 9.93. The zero-order valence-electron chi connectivity index (χ0n) is 12.2. The van der Waals surface area contributed by atoms with Crippen LogP contribution in [0.4, 0.5) is 8.78 Å². The van der Waals surface area contributed by atoms with Gasteiger partial charge in [0.05, 0.1) is 6.54 Å². The topological polar surface area (TPSA) is 12.0 Å². The van der Waals surface area contributed by atoms with Crippen LogP contribution in [0.2, 0.25) is 0 Å². The normalized spacial score (nSPS) is 19.6. The van der Waals surface area contributed by atoms with Gasteiger partial charge in [0.25, 0.3) is 5.92 Å². The van der Waals surface area contributed by atoms with E-state index in [0.717, 1.165) is 0 Å². The van der Waals surface area contributed by atoms with E-state index in [1.807, 2.05) is 0 Å². The number of rotatable bonds is 5. The van der Waals surface area contributed by atoms with Crippen LogP contribution in [0, 0.1) is 5.92 Å². The van der Waals surface area contributed by atoms with Gasteiger partial charge in [0.15, 0.2) is 0 Å². The molecule has 0 amide bonds. The summed E-state index contributed by atoms with van der Waals surface area (Å²) in [6.45, 7) is 1.78. The molecule has 1 aliphatic rings. The second-order valence-electron chi connectivity index (χ2n) is 5.99. The summed E-state index contributed by atoms with van der Waals surface area (Å²) in [6, 6.07) is 8.26. The van der Waals surface area contributed by atoms with E-state index in [-0.39, 0.29) is 18.2 Å². The van der Waals surface area contributed by atoms with Crippen molar-refractivity contribution in [2.24, 2.45) is 5.92 Å². The summed E-state index contributed by atoms with van der Waals surface area (Å²) < 4.78 is 28.2. The van der Waals surface area contributed by atoms with Crippen molar-refractivity contribution >= 4 is 0 Å². The van der Waals surface area contributed by atoms with Crippen LogP contribution in [-0.2, 0) is 5.92 Å². The van der Waals surface area contributed by atoms with Crippen molar-refractivity contribution in [3.63, 3.8) is 0 Å². The highest BCUT2D eigenvalue weighted by Gasteiger charge is 2.32. The summed E-state index contributed by atoms with van der Waals surface area (Å²) in [5.74, 6) is -2.25. The molecule has 112 valence electrons. The molecular formula is C17H25F2N. The average molecular weight is 281 g/mol. The number of hydrogen-bond donors (Lipinski definition) is 1. The lowest BCUT2D eigenvalue weighted by molar-refractivity contribution is -0.00717. The fraction of sp³-hybridized carbons (Fsp3) is 0.647. The van der Waals surface area contributed by atoms with Crippen LogP contribution in [0.15, 0.2) is 30.3 Å². The first kappa shape index (κ1) is 15.4. The first-order valence-corrected chi connectivity index (χ1v) is 7.76. The zero-order valence-corrected chi connectivity index (χ0v) is 12.2. The Kier molecular flexibility index (Phi) is 5.53. The Morgan fingerprint density at radius 1 is 1.10 bits per heavy atom. The van der Waals surface area contributed by atoms with Gasteiger partial charge in [-0.1, -0.05) is 56.0 Å². The van der Waals surface area contributed by atoms with E-state index in [9.17, 15) is 8.78 Å². The van der Waals surface area contributed by atoms with Crippen molar-refractivity contribution in [3.8, 4) is 0 Å². The lowest BCUT2D eigenvalue weighted by Gasteiger charge is -2.26. The van der Waals surface area contributed by atoms with Crippen LogP contribution in [0.3, 0.4) is 0 Å². The Balaban J connectivity index is 1.87. The summed E-state index contributed by atoms with van der Waals surface area (Å²) in [4.78, 5) is 0. The molecular weight excluding hydrogens is 256 g/mol. The summed E-state index contributed by atoms with van der Waals surface area (Å²) in [5.41, 5.74) is 0.0977. The minimum Gasteiger partial charge on any atom is -0.308 e. The van der Waals surface area contributed by atoms with E-state index in [4.69, 9.17) is 0 Å². The molecule has 1 N–H and O–H groups in total. The largest absolute Gasteiger partial charge is 0.308 e. The Morgan fingerprint density at radius 3 is 2.30 bits per heavy atom. The molecule has 1 aliphatic carbocycles. The van der Waals surface area contributed by atoms with Gasteiger partial charge in [0.1, 0.15) is 0 Å². The molecule has 1 nitrogen and oxygen atoms in total. The summed E-state index contributed by atoms with van der Waals surface area (Å²) in [5, 5.41) is 3.07. The third-order valence-corrected chi connectivity index (χ3v) is 4.45. The maximum atomic E-state index is 14.1. The standard InChI is InChI=1S/C17H25F2N/c1-14(15-9-5-2-3-6-10-15)20-13-17(18,19)16-11-7-4-8-12-16/h4,7-8,11-12,14-15,20H,2-3,5-6,9-10,13H2,1H3/t14-/m0/s1. The Morgan fingerprint density at radius 2 is 1.70 bits per heavy atom. The van der Waals surface area contributed by atoms with Gasteiger partial charge < -0.3 is 5.32 Å². The van der Waals surface area contributed by atoms with Gasteiger partial charge >= 0.3 is 0 Å². The Hall–Kier alpha value is -0.960. The van der Waals surface area contributed by atoms with Crippen LogP contribution >= 0.6 is 0 Å². The molecule has 0 unspecified atom stereocenters. The molecule has 0 aromatic heterocycles. The number of hydrogen-bond acceptors (Lipinski definition) is 1. The third-order valence-electron chi connectivity index (χ3n) is 4.45. The molecule has 0 bridgehead atoms. The second-order valence-corrected chi connectivity index (χ2v) is 5.99. The fourth-order valence-electron chi connectivity index (χ4n) is 3.05. The van der Waals surface area contributed by atoms with Gasteiger partial charge in [-0.15, -0.1) is 0 Å². The summed E-state index contributed by atoms with van der Waals surface area (Å²) in [6.07, 6.45) is 7.42. The molecule has 0 spiro atoms. The predicted octanol–water partition coefficient (Wildman–Crippen LogP) is 4.73. The molecule has 0 aliphatic heterocycles. The molecule has 3 heteroatoms. The van der Waals surface area contributed by atoms with Gasteiger partial charge in [-0.3, -0.25) is 0 Å². The van der Waals surface area contributed by atoms with Gasteiger partial charge in [0.2, 0.25) is 0 Å². The van der Waals surface area contributed by atoms with Gasteiger partial charge in [0, 0.05) is 11.6 Å². The molecule has 1 atom stereocenters.